The first-order chi connectivity index (χ1) is 17.7. The zero-order valence-electron chi connectivity index (χ0n) is 26.0. The van der Waals surface area contributed by atoms with Gasteiger partial charge in [0, 0.05) is 24.2 Å². The van der Waals surface area contributed by atoms with Gasteiger partial charge < -0.3 is 19.3 Å². The van der Waals surface area contributed by atoms with Crippen LogP contribution in [0.1, 0.15) is 125 Å². The first-order valence-corrected chi connectivity index (χ1v) is 14.2. The highest BCUT2D eigenvalue weighted by molar-refractivity contribution is 5.62. The molecule has 5 nitrogen and oxygen atoms in total. The van der Waals surface area contributed by atoms with E-state index in [-0.39, 0.29) is 0 Å². The molecule has 2 aromatic carbocycles. The van der Waals surface area contributed by atoms with E-state index in [2.05, 4.69) is 102 Å². The van der Waals surface area contributed by atoms with Crippen molar-refractivity contribution in [3.05, 3.63) is 69.8 Å². The number of likely N-dealkylation sites (N-methyl/N-ethyl adjacent to an activating group) is 2. The molecule has 0 radical (unpaired) electrons. The van der Waals surface area contributed by atoms with Gasteiger partial charge >= 0.3 is 6.16 Å². The average molecular weight is 525 g/mol. The summed E-state index contributed by atoms with van der Waals surface area (Å²) in [6, 6.07) is 12.9. The molecule has 5 heteroatoms. The van der Waals surface area contributed by atoms with Crippen LogP contribution < -0.4 is 0 Å². The van der Waals surface area contributed by atoms with Gasteiger partial charge in [0.25, 0.3) is 0 Å². The molecule has 0 saturated carbocycles. The molecule has 0 heterocycles. The fraction of sp³-hybridized carbons (Fsp3) is 0.606. The molecule has 0 aliphatic carbocycles. The van der Waals surface area contributed by atoms with E-state index in [1.807, 2.05) is 28.2 Å². The topological polar surface area (TPSA) is 42.0 Å². The van der Waals surface area contributed by atoms with Crippen LogP contribution in [0.4, 0.5) is 4.79 Å². The van der Waals surface area contributed by atoms with E-state index in [4.69, 9.17) is 9.47 Å². The molecule has 0 bridgehead atoms. The summed E-state index contributed by atoms with van der Waals surface area (Å²) in [6.45, 7) is 18.7. The third kappa shape index (κ3) is 8.31. The second-order valence-corrected chi connectivity index (χ2v) is 12.3. The lowest BCUT2D eigenvalue weighted by Gasteiger charge is -2.31. The van der Waals surface area contributed by atoms with Crippen molar-refractivity contribution in [3.8, 4) is 0 Å². The molecule has 0 fully saturated rings. The summed E-state index contributed by atoms with van der Waals surface area (Å²) in [5, 5.41) is 0. The summed E-state index contributed by atoms with van der Waals surface area (Å²) in [6.07, 6.45) is -1.48. The maximum absolute atomic E-state index is 13.6. The van der Waals surface area contributed by atoms with Crippen LogP contribution in [0.3, 0.4) is 0 Å². The van der Waals surface area contributed by atoms with Crippen molar-refractivity contribution in [2.24, 2.45) is 0 Å². The van der Waals surface area contributed by atoms with Crippen molar-refractivity contribution >= 4 is 6.16 Å². The average Bonchev–Trinajstić information content (AvgIpc) is 2.81. The Bertz CT molecular complexity index is 907. The van der Waals surface area contributed by atoms with Gasteiger partial charge in [-0.3, -0.25) is 0 Å². The normalized spacial score (nSPS) is 13.7. The number of hydrogen-bond donors (Lipinski definition) is 0. The lowest BCUT2D eigenvalue weighted by molar-refractivity contribution is -0.0154. The maximum atomic E-state index is 13.6. The number of nitrogens with zero attached hydrogens (tertiary/aromatic N) is 2. The number of benzene rings is 2. The van der Waals surface area contributed by atoms with Crippen molar-refractivity contribution in [1.82, 2.24) is 9.80 Å². The van der Waals surface area contributed by atoms with Crippen molar-refractivity contribution in [2.45, 2.75) is 91.3 Å². The van der Waals surface area contributed by atoms with E-state index in [1.165, 1.54) is 22.3 Å². The summed E-state index contributed by atoms with van der Waals surface area (Å²) in [5.74, 6) is 1.23. The maximum Gasteiger partial charge on any atom is 0.509 e. The van der Waals surface area contributed by atoms with E-state index in [0.717, 1.165) is 11.1 Å². The SMILES string of the molecule is CC(C)c1cccc(C(C)C)c1C(CN(C)C)OC(=O)OC(CN(C)C)c1c(C(C)C)cccc1C(C)C. The standard InChI is InChI=1S/C33H52N2O3/c1-21(2)25-15-13-16-26(22(3)4)31(25)29(19-34(9)10)37-33(36)38-30(20-35(11)12)32-27(23(5)6)17-14-18-28(32)24(7)8/h13-18,21-24,29-30H,19-20H2,1-12H3. The van der Waals surface area contributed by atoms with Gasteiger partial charge in [0.1, 0.15) is 12.2 Å². The molecule has 0 aliphatic heterocycles. The predicted octanol–water partition coefficient (Wildman–Crippen LogP) is 8.24. The molecule has 2 rings (SSSR count). The van der Waals surface area contributed by atoms with Crippen molar-refractivity contribution in [2.75, 3.05) is 41.3 Å². The Kier molecular flexibility index (Phi) is 11.8. The van der Waals surface area contributed by atoms with Crippen molar-refractivity contribution in [3.63, 3.8) is 0 Å². The monoisotopic (exact) mass is 524 g/mol. The van der Waals surface area contributed by atoms with E-state index < -0.39 is 18.4 Å². The molecule has 0 N–H and O–H groups in total. The third-order valence-corrected chi connectivity index (χ3v) is 7.02. The molecular weight excluding hydrogens is 472 g/mol. The molecule has 2 aromatic rings. The fourth-order valence-electron chi connectivity index (χ4n) is 5.26. The van der Waals surface area contributed by atoms with Crippen LogP contribution in [0.15, 0.2) is 36.4 Å². The quantitative estimate of drug-likeness (QED) is 0.262. The van der Waals surface area contributed by atoms with Crippen LogP contribution in [0.2, 0.25) is 0 Å². The zero-order chi connectivity index (χ0) is 28.7. The van der Waals surface area contributed by atoms with Crippen LogP contribution >= 0.6 is 0 Å². The highest BCUT2D eigenvalue weighted by Gasteiger charge is 2.30. The molecule has 0 aliphatic rings. The number of ether oxygens (including phenoxy) is 2. The molecule has 2 atom stereocenters. The minimum Gasteiger partial charge on any atom is -0.425 e. The summed E-state index contributed by atoms with van der Waals surface area (Å²) >= 11 is 0. The Labute approximate surface area is 232 Å². The molecular formula is C33H52N2O3. The summed E-state index contributed by atoms with van der Waals surface area (Å²) in [5.41, 5.74) is 7.08. The largest absolute Gasteiger partial charge is 0.509 e. The van der Waals surface area contributed by atoms with Crippen LogP contribution in [0, 0.1) is 0 Å². The van der Waals surface area contributed by atoms with Crippen LogP contribution in [-0.2, 0) is 9.47 Å². The third-order valence-electron chi connectivity index (χ3n) is 7.02. The zero-order valence-corrected chi connectivity index (χ0v) is 26.0. The Hall–Kier alpha value is -2.37. The highest BCUT2D eigenvalue weighted by Crippen LogP contribution is 2.37. The predicted molar refractivity (Wildman–Crippen MR) is 159 cm³/mol. The van der Waals surface area contributed by atoms with Gasteiger partial charge in [-0.25, -0.2) is 4.79 Å². The van der Waals surface area contributed by atoms with Crippen LogP contribution in [0.5, 0.6) is 0 Å². The second kappa shape index (κ2) is 14.1. The number of hydrogen-bond acceptors (Lipinski definition) is 5. The number of rotatable bonds is 12. The molecule has 0 saturated heterocycles. The smallest absolute Gasteiger partial charge is 0.425 e. The molecule has 38 heavy (non-hydrogen) atoms. The van der Waals surface area contributed by atoms with Gasteiger partial charge in [-0.05, 0) is 74.1 Å². The molecule has 2 unspecified atom stereocenters. The first kappa shape index (κ1) is 31.8. The highest BCUT2D eigenvalue weighted by atomic mass is 16.7. The van der Waals surface area contributed by atoms with Gasteiger partial charge in [-0.2, -0.15) is 0 Å². The lowest BCUT2D eigenvalue weighted by atomic mass is 9.85. The Morgan fingerprint density at radius 3 is 1.05 bits per heavy atom. The second-order valence-electron chi connectivity index (χ2n) is 12.3. The first-order valence-electron chi connectivity index (χ1n) is 14.2. The number of carbonyl (C=O) groups excluding carboxylic acids is 1. The van der Waals surface area contributed by atoms with Crippen LogP contribution in [0.25, 0.3) is 0 Å². The summed E-state index contributed by atoms with van der Waals surface area (Å²) in [4.78, 5) is 17.8. The molecule has 0 amide bonds. The van der Waals surface area contributed by atoms with E-state index in [9.17, 15) is 4.79 Å². The molecule has 0 aromatic heterocycles. The van der Waals surface area contributed by atoms with Crippen LogP contribution in [-0.4, -0.2) is 57.2 Å². The Morgan fingerprint density at radius 2 is 0.842 bits per heavy atom. The van der Waals surface area contributed by atoms with Gasteiger partial charge in [0.05, 0.1) is 0 Å². The van der Waals surface area contributed by atoms with Gasteiger partial charge in [-0.15, -0.1) is 0 Å². The Balaban J connectivity index is 2.54. The van der Waals surface area contributed by atoms with Gasteiger partial charge in [0.15, 0.2) is 0 Å². The van der Waals surface area contributed by atoms with Gasteiger partial charge in [0.2, 0.25) is 0 Å². The molecule has 0 spiro atoms. The number of carbonyl (C=O) groups is 1. The summed E-state index contributed by atoms with van der Waals surface area (Å²) < 4.78 is 12.5. The minimum absolute atomic E-state index is 0.306. The minimum atomic E-state index is -0.620. The van der Waals surface area contributed by atoms with Crippen molar-refractivity contribution in [1.29, 1.82) is 0 Å². The van der Waals surface area contributed by atoms with Gasteiger partial charge in [-0.1, -0.05) is 91.8 Å². The fourth-order valence-corrected chi connectivity index (χ4v) is 5.26. The van der Waals surface area contributed by atoms with Crippen molar-refractivity contribution < 1.29 is 14.3 Å². The van der Waals surface area contributed by atoms with E-state index >= 15 is 0 Å². The van der Waals surface area contributed by atoms with E-state index in [1.54, 1.807) is 0 Å². The van der Waals surface area contributed by atoms with E-state index in [0.29, 0.717) is 36.8 Å². The Morgan fingerprint density at radius 1 is 0.579 bits per heavy atom. The molecule has 212 valence electrons. The summed E-state index contributed by atoms with van der Waals surface area (Å²) in [7, 11) is 8.05. The lowest BCUT2D eigenvalue weighted by Crippen LogP contribution is -2.30.